The van der Waals surface area contributed by atoms with Gasteiger partial charge in [0.2, 0.25) is 0 Å². The van der Waals surface area contributed by atoms with Gasteiger partial charge in [0.1, 0.15) is 11.5 Å². The number of hydrogen-bond acceptors (Lipinski definition) is 7. The average molecular weight is 517 g/mol. The quantitative estimate of drug-likeness (QED) is 0.281. The van der Waals surface area contributed by atoms with Crippen LogP contribution in [-0.4, -0.2) is 13.5 Å². The second kappa shape index (κ2) is 9.64. The number of benzene rings is 4. The van der Waals surface area contributed by atoms with E-state index < -0.39 is 0 Å². The van der Waals surface area contributed by atoms with Crippen LogP contribution in [-0.2, 0) is 13.1 Å². The van der Waals surface area contributed by atoms with Crippen molar-refractivity contribution in [3.63, 3.8) is 0 Å². The summed E-state index contributed by atoms with van der Waals surface area (Å²) in [6.45, 7) is 2.72. The van der Waals surface area contributed by atoms with Crippen molar-refractivity contribution in [2.45, 2.75) is 32.7 Å². The van der Waals surface area contributed by atoms with Gasteiger partial charge in [0, 0.05) is 55.2 Å². The third-order valence-corrected chi connectivity index (χ3v) is 7.78. The molecule has 0 unspecified atom stereocenters. The van der Waals surface area contributed by atoms with Crippen molar-refractivity contribution >= 4 is 48.4 Å². The van der Waals surface area contributed by atoms with E-state index in [1.165, 1.54) is 20.9 Å². The standard InChI is InChI=1S/C28H24N2O2S3/c33-23-5-1-21(2-6-23)29-15-19-13-25(9-11-27(19)31-17-29)35-26-10-12-28-20(14-26)16-30(18-32-28)22-3-7-24(34)8-4-22/h1-14,33-34H,15-18H2. The predicted octanol–water partition coefficient (Wildman–Crippen LogP) is 7.13. The number of nitrogens with zero attached hydrogens (tertiary/aromatic N) is 2. The molecule has 0 aliphatic carbocycles. The summed E-state index contributed by atoms with van der Waals surface area (Å²) in [5, 5.41) is 0. The number of hydrogen-bond donors (Lipinski definition) is 2. The van der Waals surface area contributed by atoms with Gasteiger partial charge in [-0.05, 0) is 84.9 Å². The van der Waals surface area contributed by atoms with Crippen molar-refractivity contribution in [3.8, 4) is 11.5 Å². The minimum Gasteiger partial charge on any atom is -0.473 e. The molecule has 0 saturated heterocycles. The molecule has 176 valence electrons. The van der Waals surface area contributed by atoms with Gasteiger partial charge in [-0.25, -0.2) is 0 Å². The number of thiol groups is 2. The lowest BCUT2D eigenvalue weighted by molar-refractivity contribution is 0.289. The van der Waals surface area contributed by atoms with Gasteiger partial charge in [-0.2, -0.15) is 0 Å². The summed E-state index contributed by atoms with van der Waals surface area (Å²) in [5.41, 5.74) is 4.65. The van der Waals surface area contributed by atoms with Gasteiger partial charge in [-0.1, -0.05) is 11.8 Å². The summed E-state index contributed by atoms with van der Waals surface area (Å²) in [6, 6.07) is 29.3. The minimum absolute atomic E-state index is 0.545. The molecule has 0 radical (unpaired) electrons. The summed E-state index contributed by atoms with van der Waals surface area (Å²) in [7, 11) is 0. The van der Waals surface area contributed by atoms with Crippen LogP contribution in [0, 0.1) is 0 Å². The lowest BCUT2D eigenvalue weighted by atomic mass is 10.1. The molecule has 0 aromatic heterocycles. The molecule has 35 heavy (non-hydrogen) atoms. The highest BCUT2D eigenvalue weighted by Crippen LogP contribution is 2.37. The molecule has 0 spiro atoms. The summed E-state index contributed by atoms with van der Waals surface area (Å²) < 4.78 is 12.1. The summed E-state index contributed by atoms with van der Waals surface area (Å²) in [4.78, 5) is 8.76. The normalized spacial score (nSPS) is 14.6. The molecule has 4 aromatic carbocycles. The van der Waals surface area contributed by atoms with Gasteiger partial charge in [0.25, 0.3) is 0 Å². The highest BCUT2D eigenvalue weighted by atomic mass is 32.2. The summed E-state index contributed by atoms with van der Waals surface area (Å²) >= 11 is 10.5. The Labute approximate surface area is 220 Å². The van der Waals surface area contributed by atoms with E-state index in [4.69, 9.17) is 9.47 Å². The van der Waals surface area contributed by atoms with Gasteiger partial charge < -0.3 is 19.3 Å². The van der Waals surface area contributed by atoms with Crippen LogP contribution in [0.5, 0.6) is 11.5 Å². The second-order valence-corrected chi connectivity index (χ2v) is 10.8. The smallest absolute Gasteiger partial charge is 0.161 e. The number of anilines is 2. The zero-order valence-electron chi connectivity index (χ0n) is 18.9. The minimum atomic E-state index is 0.545. The number of rotatable bonds is 4. The van der Waals surface area contributed by atoms with Crippen LogP contribution in [0.3, 0.4) is 0 Å². The molecule has 2 aliphatic heterocycles. The molecule has 2 aliphatic rings. The zero-order valence-corrected chi connectivity index (χ0v) is 21.5. The molecule has 0 amide bonds. The van der Waals surface area contributed by atoms with Crippen LogP contribution in [0.25, 0.3) is 0 Å². The zero-order chi connectivity index (χ0) is 23.8. The van der Waals surface area contributed by atoms with Crippen LogP contribution in [0.4, 0.5) is 11.4 Å². The Kier molecular flexibility index (Phi) is 6.22. The Morgan fingerprint density at radius 1 is 0.571 bits per heavy atom. The highest BCUT2D eigenvalue weighted by molar-refractivity contribution is 7.99. The van der Waals surface area contributed by atoms with Crippen LogP contribution in [0.1, 0.15) is 11.1 Å². The maximum atomic E-state index is 6.03. The fourth-order valence-corrected chi connectivity index (χ4v) is 5.60. The van der Waals surface area contributed by atoms with E-state index in [1.54, 1.807) is 11.8 Å². The first-order valence-electron chi connectivity index (χ1n) is 11.4. The Morgan fingerprint density at radius 2 is 1.00 bits per heavy atom. The Hall–Kier alpha value is -2.87. The SMILES string of the molecule is Sc1ccc(N2COc3ccc(Sc4ccc5c(c4)CN(c4ccc(S)cc4)CO5)cc3C2)cc1. The highest BCUT2D eigenvalue weighted by Gasteiger charge is 2.20. The first kappa shape index (κ1) is 22.6. The van der Waals surface area contributed by atoms with E-state index in [0.717, 1.165) is 45.8 Å². The number of fused-ring (bicyclic) bond motifs is 2. The van der Waals surface area contributed by atoms with Gasteiger partial charge in [-0.3, -0.25) is 0 Å². The van der Waals surface area contributed by atoms with Gasteiger partial charge >= 0.3 is 0 Å². The second-order valence-electron chi connectivity index (χ2n) is 8.62. The van der Waals surface area contributed by atoms with E-state index >= 15 is 0 Å². The summed E-state index contributed by atoms with van der Waals surface area (Å²) in [5.74, 6) is 1.91. The molecule has 0 bridgehead atoms. The van der Waals surface area contributed by atoms with Crippen molar-refractivity contribution in [1.29, 1.82) is 0 Å². The first-order valence-corrected chi connectivity index (χ1v) is 13.1. The average Bonchev–Trinajstić information content (AvgIpc) is 2.89. The van der Waals surface area contributed by atoms with E-state index in [1.807, 2.05) is 24.3 Å². The molecule has 4 aromatic rings. The molecular formula is C28H24N2O2S3. The van der Waals surface area contributed by atoms with E-state index in [0.29, 0.717) is 13.5 Å². The third kappa shape index (κ3) is 4.94. The van der Waals surface area contributed by atoms with Crippen molar-refractivity contribution in [2.75, 3.05) is 23.3 Å². The molecule has 6 rings (SSSR count). The molecule has 0 atom stereocenters. The Morgan fingerprint density at radius 3 is 1.43 bits per heavy atom. The van der Waals surface area contributed by atoms with E-state index in [-0.39, 0.29) is 0 Å². The molecular weight excluding hydrogens is 493 g/mol. The predicted molar refractivity (Wildman–Crippen MR) is 148 cm³/mol. The molecule has 0 saturated carbocycles. The van der Waals surface area contributed by atoms with E-state index in [9.17, 15) is 0 Å². The van der Waals surface area contributed by atoms with Crippen LogP contribution in [0.15, 0.2) is 105 Å². The van der Waals surface area contributed by atoms with Crippen LogP contribution in [0.2, 0.25) is 0 Å². The number of ether oxygens (including phenoxy) is 2. The van der Waals surface area contributed by atoms with Gasteiger partial charge in [-0.15, -0.1) is 25.3 Å². The maximum Gasteiger partial charge on any atom is 0.161 e. The van der Waals surface area contributed by atoms with E-state index in [2.05, 4.69) is 95.7 Å². The molecule has 4 nitrogen and oxygen atoms in total. The molecule has 0 fully saturated rings. The van der Waals surface area contributed by atoms with Crippen molar-refractivity contribution in [3.05, 3.63) is 96.1 Å². The summed E-state index contributed by atoms with van der Waals surface area (Å²) in [6.07, 6.45) is 0. The van der Waals surface area contributed by atoms with Gasteiger partial charge in [0.15, 0.2) is 13.5 Å². The first-order chi connectivity index (χ1) is 17.1. The van der Waals surface area contributed by atoms with Crippen LogP contribution < -0.4 is 19.3 Å². The lowest BCUT2D eigenvalue weighted by Crippen LogP contribution is -2.31. The fourth-order valence-electron chi connectivity index (χ4n) is 4.36. The van der Waals surface area contributed by atoms with Crippen molar-refractivity contribution in [1.82, 2.24) is 0 Å². The van der Waals surface area contributed by atoms with Crippen molar-refractivity contribution < 1.29 is 9.47 Å². The molecule has 0 N–H and O–H groups in total. The Bertz CT molecular complexity index is 1250. The monoisotopic (exact) mass is 516 g/mol. The van der Waals surface area contributed by atoms with Crippen molar-refractivity contribution in [2.24, 2.45) is 0 Å². The third-order valence-electron chi connectivity index (χ3n) is 6.20. The van der Waals surface area contributed by atoms with Gasteiger partial charge in [0.05, 0.1) is 0 Å². The molecule has 2 heterocycles. The maximum absolute atomic E-state index is 6.03. The largest absolute Gasteiger partial charge is 0.473 e. The Balaban J connectivity index is 1.19. The fraction of sp³-hybridized carbons (Fsp3) is 0.143. The topological polar surface area (TPSA) is 24.9 Å². The van der Waals surface area contributed by atoms with Crippen LogP contribution >= 0.6 is 37.0 Å². The molecule has 7 heteroatoms. The lowest BCUT2D eigenvalue weighted by Gasteiger charge is -2.31.